The van der Waals surface area contributed by atoms with E-state index in [1.54, 1.807) is 4.90 Å². The van der Waals surface area contributed by atoms with Crippen LogP contribution in [0.5, 0.6) is 0 Å². The molecular formula is C14H21N5OS. The second kappa shape index (κ2) is 6.78. The molecule has 1 amide bonds. The number of nitrogens with zero attached hydrogens (tertiary/aromatic N) is 4. The minimum atomic E-state index is -0.133. The minimum absolute atomic E-state index is 0.133. The maximum atomic E-state index is 12.4. The number of hydrogen-bond acceptors (Lipinski definition) is 6. The molecule has 6 nitrogen and oxygen atoms in total. The van der Waals surface area contributed by atoms with Crippen molar-refractivity contribution in [1.29, 1.82) is 0 Å². The normalized spacial score (nSPS) is 15.8. The van der Waals surface area contributed by atoms with E-state index < -0.39 is 0 Å². The summed E-state index contributed by atoms with van der Waals surface area (Å²) in [7, 11) is 2.10. The fourth-order valence-electron chi connectivity index (χ4n) is 2.19. The van der Waals surface area contributed by atoms with Crippen molar-refractivity contribution in [3.8, 4) is 12.3 Å². The number of carbonyl (C=O) groups is 1. The van der Waals surface area contributed by atoms with Crippen LogP contribution < -0.4 is 10.6 Å². The van der Waals surface area contributed by atoms with Crippen LogP contribution >= 0.6 is 11.3 Å². The van der Waals surface area contributed by atoms with E-state index in [0.29, 0.717) is 17.2 Å². The van der Waals surface area contributed by atoms with Crippen molar-refractivity contribution in [2.75, 3.05) is 56.9 Å². The number of nitrogens with two attached hydrogens (primary N) is 1. The molecule has 0 unspecified atom stereocenters. The molecule has 0 spiro atoms. The molecule has 1 aliphatic heterocycles. The van der Waals surface area contributed by atoms with E-state index in [0.717, 1.165) is 31.3 Å². The van der Waals surface area contributed by atoms with E-state index in [-0.39, 0.29) is 12.5 Å². The van der Waals surface area contributed by atoms with Crippen molar-refractivity contribution in [3.05, 3.63) is 4.88 Å². The Morgan fingerprint density at radius 1 is 1.48 bits per heavy atom. The number of anilines is 2. The molecule has 1 aliphatic rings. The Morgan fingerprint density at radius 2 is 2.14 bits per heavy atom. The second-order valence-electron chi connectivity index (χ2n) is 5.02. The number of nitrogen functional groups attached to an aromatic ring is 1. The lowest BCUT2D eigenvalue weighted by atomic mass is 10.3. The molecule has 0 aromatic carbocycles. The number of terminal acetylenes is 1. The molecule has 2 heterocycles. The lowest BCUT2D eigenvalue weighted by Gasteiger charge is -2.32. The zero-order valence-electron chi connectivity index (χ0n) is 12.5. The lowest BCUT2D eigenvalue weighted by molar-refractivity contribution is 0.0790. The fourth-order valence-corrected chi connectivity index (χ4v) is 3.19. The van der Waals surface area contributed by atoms with Gasteiger partial charge in [0.05, 0.1) is 6.54 Å². The Labute approximate surface area is 129 Å². The van der Waals surface area contributed by atoms with Crippen LogP contribution in [0.4, 0.5) is 10.9 Å². The van der Waals surface area contributed by atoms with Crippen molar-refractivity contribution < 1.29 is 4.79 Å². The highest BCUT2D eigenvalue weighted by Crippen LogP contribution is 2.29. The van der Waals surface area contributed by atoms with Gasteiger partial charge in [-0.3, -0.25) is 4.79 Å². The predicted octanol–water partition coefficient (Wildman–Crippen LogP) is 0.572. The van der Waals surface area contributed by atoms with Gasteiger partial charge in [0.15, 0.2) is 5.13 Å². The van der Waals surface area contributed by atoms with Crippen LogP contribution in [-0.4, -0.2) is 67.0 Å². The standard InChI is InChI=1S/C14H21N5OS/c1-4-6-18(5-2)13(20)11-12(15)16-14(21-11)19-9-7-17(3)8-10-19/h1H,5-10,15H2,2-3H3. The van der Waals surface area contributed by atoms with E-state index in [9.17, 15) is 4.79 Å². The Kier molecular flexibility index (Phi) is 5.04. The molecule has 2 N–H and O–H groups in total. The maximum Gasteiger partial charge on any atom is 0.268 e. The van der Waals surface area contributed by atoms with Gasteiger partial charge in [-0.2, -0.15) is 0 Å². The van der Waals surface area contributed by atoms with Crippen LogP contribution in [0.3, 0.4) is 0 Å². The molecule has 21 heavy (non-hydrogen) atoms. The summed E-state index contributed by atoms with van der Waals surface area (Å²) in [5, 5.41) is 0.820. The van der Waals surface area contributed by atoms with Gasteiger partial charge in [-0.15, -0.1) is 6.42 Å². The summed E-state index contributed by atoms with van der Waals surface area (Å²) in [5.41, 5.74) is 5.93. The molecule has 0 saturated carbocycles. The number of hydrogen-bond donors (Lipinski definition) is 1. The van der Waals surface area contributed by atoms with Crippen LogP contribution in [0, 0.1) is 12.3 Å². The molecule has 7 heteroatoms. The minimum Gasteiger partial charge on any atom is -0.382 e. The van der Waals surface area contributed by atoms with Crippen molar-refractivity contribution in [2.24, 2.45) is 0 Å². The van der Waals surface area contributed by atoms with Gasteiger partial charge in [0, 0.05) is 32.7 Å². The quantitative estimate of drug-likeness (QED) is 0.824. The summed E-state index contributed by atoms with van der Waals surface area (Å²) < 4.78 is 0. The van der Waals surface area contributed by atoms with E-state index in [1.807, 2.05) is 6.92 Å². The Hall–Kier alpha value is -1.78. The van der Waals surface area contributed by atoms with Crippen LogP contribution in [0.25, 0.3) is 0 Å². The molecular weight excluding hydrogens is 286 g/mol. The Bertz CT molecular complexity index is 542. The van der Waals surface area contributed by atoms with Gasteiger partial charge >= 0.3 is 0 Å². The third kappa shape index (κ3) is 3.46. The highest BCUT2D eigenvalue weighted by atomic mass is 32.1. The van der Waals surface area contributed by atoms with Crippen molar-refractivity contribution >= 4 is 28.2 Å². The van der Waals surface area contributed by atoms with Gasteiger partial charge in [0.25, 0.3) is 5.91 Å². The second-order valence-corrected chi connectivity index (χ2v) is 6.00. The number of amides is 1. The highest BCUT2D eigenvalue weighted by molar-refractivity contribution is 7.18. The number of likely N-dealkylation sites (N-methyl/N-ethyl adjacent to an activating group) is 1. The van der Waals surface area contributed by atoms with Gasteiger partial charge in [-0.05, 0) is 14.0 Å². The van der Waals surface area contributed by atoms with E-state index >= 15 is 0 Å². The Morgan fingerprint density at radius 3 is 2.71 bits per heavy atom. The summed E-state index contributed by atoms with van der Waals surface area (Å²) in [6.07, 6.45) is 5.29. The summed E-state index contributed by atoms with van der Waals surface area (Å²) in [5.74, 6) is 2.66. The maximum absolute atomic E-state index is 12.4. The first-order valence-corrected chi connectivity index (χ1v) is 7.81. The molecule has 1 fully saturated rings. The SMILES string of the molecule is C#CCN(CC)C(=O)c1sc(N2CCN(C)CC2)nc1N. The van der Waals surface area contributed by atoms with Crippen LogP contribution in [-0.2, 0) is 0 Å². The van der Waals surface area contributed by atoms with E-state index in [2.05, 4.69) is 27.8 Å². The average molecular weight is 307 g/mol. The third-order valence-corrected chi connectivity index (χ3v) is 4.68. The molecule has 1 saturated heterocycles. The van der Waals surface area contributed by atoms with E-state index in [1.165, 1.54) is 11.3 Å². The largest absolute Gasteiger partial charge is 0.382 e. The summed E-state index contributed by atoms with van der Waals surface area (Å²) >= 11 is 1.36. The topological polar surface area (TPSA) is 65.7 Å². The zero-order valence-corrected chi connectivity index (χ0v) is 13.3. The summed E-state index contributed by atoms with van der Waals surface area (Å²) in [6.45, 7) is 6.52. The number of aromatic nitrogens is 1. The molecule has 0 bridgehead atoms. The highest BCUT2D eigenvalue weighted by Gasteiger charge is 2.24. The summed E-state index contributed by atoms with van der Waals surface area (Å²) in [6, 6.07) is 0. The molecule has 1 aromatic heterocycles. The third-order valence-electron chi connectivity index (χ3n) is 3.56. The van der Waals surface area contributed by atoms with Gasteiger partial charge in [0.1, 0.15) is 10.7 Å². The van der Waals surface area contributed by atoms with Crippen molar-refractivity contribution in [2.45, 2.75) is 6.92 Å². The van der Waals surface area contributed by atoms with Crippen molar-refractivity contribution in [1.82, 2.24) is 14.8 Å². The fraction of sp³-hybridized carbons (Fsp3) is 0.571. The number of carbonyl (C=O) groups excluding carboxylic acids is 1. The molecule has 0 atom stereocenters. The first-order chi connectivity index (χ1) is 10.1. The number of rotatable bonds is 4. The summed E-state index contributed by atoms with van der Waals surface area (Å²) in [4.78, 5) is 23.3. The van der Waals surface area contributed by atoms with Crippen LogP contribution in [0.1, 0.15) is 16.6 Å². The Balaban J connectivity index is 2.15. The average Bonchev–Trinajstić information content (AvgIpc) is 2.86. The number of thiazole rings is 1. The first-order valence-electron chi connectivity index (χ1n) is 6.99. The van der Waals surface area contributed by atoms with Crippen LogP contribution in [0.2, 0.25) is 0 Å². The van der Waals surface area contributed by atoms with Gasteiger partial charge in [-0.1, -0.05) is 17.3 Å². The van der Waals surface area contributed by atoms with Crippen molar-refractivity contribution in [3.63, 3.8) is 0 Å². The molecule has 0 aliphatic carbocycles. The van der Waals surface area contributed by atoms with Crippen LogP contribution in [0.15, 0.2) is 0 Å². The van der Waals surface area contributed by atoms with Gasteiger partial charge < -0.3 is 20.4 Å². The zero-order chi connectivity index (χ0) is 15.4. The van der Waals surface area contributed by atoms with Gasteiger partial charge in [0.2, 0.25) is 0 Å². The molecule has 114 valence electrons. The monoisotopic (exact) mass is 307 g/mol. The molecule has 0 radical (unpaired) electrons. The first kappa shape index (κ1) is 15.6. The molecule has 2 rings (SSSR count). The number of piperazine rings is 1. The smallest absolute Gasteiger partial charge is 0.268 e. The van der Waals surface area contributed by atoms with Gasteiger partial charge in [-0.25, -0.2) is 4.98 Å². The van der Waals surface area contributed by atoms with E-state index in [4.69, 9.17) is 12.2 Å². The predicted molar refractivity (Wildman–Crippen MR) is 86.6 cm³/mol. The molecule has 1 aromatic rings. The lowest BCUT2D eigenvalue weighted by Crippen LogP contribution is -2.44.